The first-order chi connectivity index (χ1) is 4.57. The number of carbonyl (C=O) groups excluding carboxylic acids is 1. The van der Waals surface area contributed by atoms with E-state index in [0.29, 0.717) is 6.42 Å². The fraction of sp³-hybridized carbons (Fsp3) is 0.571. The van der Waals surface area contributed by atoms with Crippen molar-refractivity contribution in [3.05, 3.63) is 12.3 Å². The number of carbonyl (C=O) groups is 1. The van der Waals surface area contributed by atoms with Gasteiger partial charge in [0.1, 0.15) is 0 Å². The Morgan fingerprint density at radius 3 is 2.60 bits per heavy atom. The highest BCUT2D eigenvalue weighted by molar-refractivity contribution is 5.90. The van der Waals surface area contributed by atoms with Crippen molar-refractivity contribution in [1.82, 2.24) is 0 Å². The Balaban J connectivity index is 3.68. The van der Waals surface area contributed by atoms with E-state index in [1.165, 1.54) is 6.92 Å². The van der Waals surface area contributed by atoms with Gasteiger partial charge in [-0.25, -0.2) is 0 Å². The summed E-state index contributed by atoms with van der Waals surface area (Å²) >= 11 is 0. The minimum absolute atomic E-state index is 0.00866. The Kier molecular flexibility index (Phi) is 3.72. The predicted octanol–water partition coefficient (Wildman–Crippen LogP) is 0.834. The van der Waals surface area contributed by atoms with Crippen molar-refractivity contribution in [3.63, 3.8) is 0 Å². The zero-order valence-corrected chi connectivity index (χ0v) is 6.26. The van der Waals surface area contributed by atoms with Crippen molar-refractivity contribution in [3.8, 4) is 0 Å². The molecule has 0 bridgehead atoms. The molecule has 1 atom stereocenters. The van der Waals surface area contributed by atoms with Gasteiger partial charge in [0.05, 0.1) is 0 Å². The molecule has 0 amide bonds. The Morgan fingerprint density at radius 1 is 1.80 bits per heavy atom. The van der Waals surface area contributed by atoms with Crippen LogP contribution in [0.4, 0.5) is 0 Å². The smallest absolute Gasteiger partial charge is 0.197 e. The highest BCUT2D eigenvalue weighted by Gasteiger charge is 2.06. The first kappa shape index (κ1) is 9.17. The molecule has 0 fully saturated rings. The van der Waals surface area contributed by atoms with E-state index in [-0.39, 0.29) is 11.5 Å². The minimum atomic E-state index is -0.906. The monoisotopic (exact) mass is 144 g/mol. The molecule has 0 aromatic rings. The maximum Gasteiger partial charge on any atom is 0.197 e. The van der Waals surface area contributed by atoms with E-state index in [4.69, 9.17) is 5.11 Å². The molecule has 0 rings (SSSR count). The van der Waals surface area contributed by atoms with Crippen LogP contribution in [-0.4, -0.2) is 17.2 Å². The zero-order valence-electron chi connectivity index (χ0n) is 6.26. The van der Waals surface area contributed by atoms with Crippen molar-refractivity contribution < 1.29 is 14.6 Å². The number of allylic oxidation sites excluding steroid dienone is 1. The van der Waals surface area contributed by atoms with E-state index in [9.17, 15) is 4.79 Å². The number of aliphatic hydroxyl groups excluding tert-OH is 1. The molecule has 58 valence electrons. The summed E-state index contributed by atoms with van der Waals surface area (Å²) in [4.78, 5) is 10.5. The number of hydrogen-bond acceptors (Lipinski definition) is 3. The second-order valence-electron chi connectivity index (χ2n) is 1.96. The molecule has 0 aliphatic heterocycles. The summed E-state index contributed by atoms with van der Waals surface area (Å²) in [6.07, 6.45) is -0.455. The van der Waals surface area contributed by atoms with Crippen molar-refractivity contribution in [2.75, 3.05) is 0 Å². The summed E-state index contributed by atoms with van der Waals surface area (Å²) in [5, 5.41) is 8.84. The predicted molar refractivity (Wildman–Crippen MR) is 37.2 cm³/mol. The molecular formula is C7H12O3. The second-order valence-corrected chi connectivity index (χ2v) is 1.96. The van der Waals surface area contributed by atoms with Gasteiger partial charge in [0.25, 0.3) is 0 Å². The molecule has 0 saturated heterocycles. The van der Waals surface area contributed by atoms with Crippen LogP contribution in [0.25, 0.3) is 0 Å². The molecule has 1 N–H and O–H groups in total. The van der Waals surface area contributed by atoms with Crippen molar-refractivity contribution >= 4 is 5.78 Å². The average molecular weight is 144 g/mol. The van der Waals surface area contributed by atoms with Gasteiger partial charge >= 0.3 is 0 Å². The molecule has 3 heteroatoms. The van der Waals surface area contributed by atoms with Gasteiger partial charge in [-0.1, -0.05) is 13.5 Å². The lowest BCUT2D eigenvalue weighted by Gasteiger charge is -2.10. The maximum absolute atomic E-state index is 10.5. The number of hydrogen-bond donors (Lipinski definition) is 1. The molecule has 0 aliphatic rings. The van der Waals surface area contributed by atoms with E-state index in [0.717, 1.165) is 0 Å². The van der Waals surface area contributed by atoms with Crippen LogP contribution in [-0.2, 0) is 9.53 Å². The molecule has 10 heavy (non-hydrogen) atoms. The minimum Gasteiger partial charge on any atom is -0.462 e. The van der Waals surface area contributed by atoms with Crippen molar-refractivity contribution in [2.24, 2.45) is 0 Å². The summed E-state index contributed by atoms with van der Waals surface area (Å²) in [5.41, 5.74) is 0. The van der Waals surface area contributed by atoms with E-state index in [1.807, 2.05) is 0 Å². The summed E-state index contributed by atoms with van der Waals surface area (Å²) in [6, 6.07) is 0. The fourth-order valence-corrected chi connectivity index (χ4v) is 0.331. The van der Waals surface area contributed by atoms with E-state index in [2.05, 4.69) is 11.3 Å². The van der Waals surface area contributed by atoms with Gasteiger partial charge in [-0.15, -0.1) is 0 Å². The topological polar surface area (TPSA) is 46.5 Å². The Bertz CT molecular complexity index is 140. The molecule has 0 aromatic heterocycles. The summed E-state index contributed by atoms with van der Waals surface area (Å²) < 4.78 is 4.67. The highest BCUT2D eigenvalue weighted by Crippen LogP contribution is 2.01. The number of ether oxygens (including phenoxy) is 1. The molecule has 0 saturated carbocycles. The lowest BCUT2D eigenvalue weighted by molar-refractivity contribution is -0.124. The SMILES string of the molecule is C=C(OC(O)CC)C(C)=O. The third-order valence-electron chi connectivity index (χ3n) is 1.02. The van der Waals surface area contributed by atoms with Crippen LogP contribution in [0.2, 0.25) is 0 Å². The first-order valence-electron chi connectivity index (χ1n) is 3.12. The molecule has 3 nitrogen and oxygen atoms in total. The normalized spacial score (nSPS) is 12.3. The second kappa shape index (κ2) is 4.06. The lowest BCUT2D eigenvalue weighted by atomic mass is 10.4. The van der Waals surface area contributed by atoms with Crippen molar-refractivity contribution in [1.29, 1.82) is 0 Å². The molecular weight excluding hydrogens is 132 g/mol. The standard InChI is InChI=1S/C7H12O3/c1-4-7(9)10-6(3)5(2)8/h7,9H,3-4H2,1-2H3. The third-order valence-corrected chi connectivity index (χ3v) is 1.02. The Morgan fingerprint density at radius 2 is 2.30 bits per heavy atom. The molecule has 1 unspecified atom stereocenters. The van der Waals surface area contributed by atoms with Crippen LogP contribution in [0, 0.1) is 0 Å². The Hall–Kier alpha value is -0.830. The number of ketones is 1. The maximum atomic E-state index is 10.5. The number of Topliss-reactive ketones (excluding diaryl/α,β-unsaturated/α-hetero) is 1. The fourth-order valence-electron chi connectivity index (χ4n) is 0.331. The van der Waals surface area contributed by atoms with Crippen LogP contribution in [0.3, 0.4) is 0 Å². The van der Waals surface area contributed by atoms with E-state index < -0.39 is 6.29 Å². The van der Waals surface area contributed by atoms with Gasteiger partial charge in [-0.3, -0.25) is 4.79 Å². The lowest BCUT2D eigenvalue weighted by Crippen LogP contribution is -2.12. The molecule has 0 aliphatic carbocycles. The summed E-state index contributed by atoms with van der Waals surface area (Å²) in [6.45, 7) is 6.40. The van der Waals surface area contributed by atoms with Gasteiger partial charge < -0.3 is 9.84 Å². The largest absolute Gasteiger partial charge is 0.462 e. The Labute approximate surface area is 60.3 Å². The van der Waals surface area contributed by atoms with Crippen LogP contribution >= 0.6 is 0 Å². The van der Waals surface area contributed by atoms with E-state index in [1.54, 1.807) is 6.92 Å². The van der Waals surface area contributed by atoms with Gasteiger partial charge in [0, 0.05) is 13.3 Å². The number of aliphatic hydroxyl groups is 1. The molecule has 0 radical (unpaired) electrons. The average Bonchev–Trinajstić information content (AvgIpc) is 1.87. The summed E-state index contributed by atoms with van der Waals surface area (Å²) in [5.74, 6) is -0.248. The van der Waals surface area contributed by atoms with Crippen LogP contribution < -0.4 is 0 Å². The summed E-state index contributed by atoms with van der Waals surface area (Å²) in [7, 11) is 0. The molecule has 0 aromatic carbocycles. The van der Waals surface area contributed by atoms with Crippen LogP contribution in [0.15, 0.2) is 12.3 Å². The van der Waals surface area contributed by atoms with Crippen LogP contribution in [0.1, 0.15) is 20.3 Å². The van der Waals surface area contributed by atoms with Crippen LogP contribution in [0.5, 0.6) is 0 Å². The first-order valence-corrected chi connectivity index (χ1v) is 3.12. The van der Waals surface area contributed by atoms with Gasteiger partial charge in [-0.2, -0.15) is 0 Å². The molecule has 0 heterocycles. The number of rotatable bonds is 4. The third kappa shape index (κ3) is 3.25. The van der Waals surface area contributed by atoms with Gasteiger partial charge in [-0.05, 0) is 0 Å². The molecule has 0 spiro atoms. The van der Waals surface area contributed by atoms with Gasteiger partial charge in [0.2, 0.25) is 0 Å². The highest BCUT2D eigenvalue weighted by atomic mass is 16.6. The quantitative estimate of drug-likeness (QED) is 0.361. The van der Waals surface area contributed by atoms with Gasteiger partial charge in [0.15, 0.2) is 17.8 Å². The van der Waals surface area contributed by atoms with Crippen molar-refractivity contribution in [2.45, 2.75) is 26.6 Å². The zero-order chi connectivity index (χ0) is 8.15. The van der Waals surface area contributed by atoms with E-state index >= 15 is 0 Å².